The Morgan fingerprint density at radius 2 is 1.59 bits per heavy atom. The van der Waals surface area contributed by atoms with E-state index in [0.717, 1.165) is 35.1 Å². The number of carbonyl (C=O) groups is 5. The van der Waals surface area contributed by atoms with Gasteiger partial charge in [-0.05, 0) is 107 Å². The van der Waals surface area contributed by atoms with Gasteiger partial charge >= 0.3 is 18.2 Å². The van der Waals surface area contributed by atoms with Gasteiger partial charge in [0.05, 0.1) is 7.11 Å². The highest BCUT2D eigenvalue weighted by molar-refractivity contribution is 5.95. The van der Waals surface area contributed by atoms with Crippen LogP contribution in [0.5, 0.6) is 0 Å². The fourth-order valence-corrected chi connectivity index (χ4v) is 6.46. The number of amides is 4. The van der Waals surface area contributed by atoms with Gasteiger partial charge in [-0.15, -0.1) is 0 Å². The van der Waals surface area contributed by atoms with Crippen LogP contribution in [-0.2, 0) is 25.5 Å². The van der Waals surface area contributed by atoms with Crippen molar-refractivity contribution >= 4 is 30.0 Å². The summed E-state index contributed by atoms with van der Waals surface area (Å²) in [6.45, 7) is 8.70. The molecule has 2 aromatic rings. The van der Waals surface area contributed by atoms with Crippen LogP contribution in [0.1, 0.15) is 80.8 Å². The molecule has 12 heteroatoms. The third-order valence-corrected chi connectivity index (χ3v) is 9.25. The second-order valence-electron chi connectivity index (χ2n) is 14.1. The molecule has 4 N–H and O–H groups in total. The number of rotatable bonds is 10. The zero-order valence-electron chi connectivity index (χ0n) is 29.2. The number of methoxy groups -OCH3 is 1. The van der Waals surface area contributed by atoms with E-state index in [1.807, 2.05) is 64.1 Å². The average Bonchev–Trinajstić information content (AvgIpc) is 3.06. The maximum atomic E-state index is 13.2. The second kappa shape index (κ2) is 16.7. The zero-order chi connectivity index (χ0) is 35.7. The summed E-state index contributed by atoms with van der Waals surface area (Å²) in [4.78, 5) is 63.3. The number of alkyl carbamates (subject to hydrolysis) is 1. The fraction of sp³-hybridized carbons (Fsp3) is 0.541. The van der Waals surface area contributed by atoms with Gasteiger partial charge in [-0.2, -0.15) is 0 Å². The summed E-state index contributed by atoms with van der Waals surface area (Å²) in [5.41, 5.74) is 3.69. The summed E-state index contributed by atoms with van der Waals surface area (Å²) in [7, 11) is 1.31. The number of nitrogens with zero attached hydrogens (tertiary/aromatic N) is 1. The van der Waals surface area contributed by atoms with Crippen LogP contribution < -0.4 is 16.0 Å². The van der Waals surface area contributed by atoms with Crippen LogP contribution in [0.25, 0.3) is 11.1 Å². The predicted molar refractivity (Wildman–Crippen MR) is 184 cm³/mol. The van der Waals surface area contributed by atoms with Gasteiger partial charge in [-0.3, -0.25) is 9.59 Å². The van der Waals surface area contributed by atoms with Gasteiger partial charge in [0.25, 0.3) is 5.91 Å². The number of esters is 1. The van der Waals surface area contributed by atoms with Gasteiger partial charge in [0.15, 0.2) is 0 Å². The first-order valence-electron chi connectivity index (χ1n) is 17.1. The van der Waals surface area contributed by atoms with Gasteiger partial charge in [-0.25, -0.2) is 14.4 Å². The van der Waals surface area contributed by atoms with Crippen molar-refractivity contribution in [1.82, 2.24) is 20.9 Å². The number of hydrogen-bond donors (Lipinski definition) is 4. The maximum absolute atomic E-state index is 13.2. The van der Waals surface area contributed by atoms with E-state index in [1.54, 1.807) is 6.07 Å². The molecular formula is C37H50N4O8. The van der Waals surface area contributed by atoms with E-state index in [-0.39, 0.29) is 36.1 Å². The molecule has 2 fully saturated rings. The van der Waals surface area contributed by atoms with Crippen LogP contribution in [0.4, 0.5) is 9.59 Å². The quantitative estimate of drug-likeness (QED) is 0.253. The Morgan fingerprint density at radius 3 is 2.16 bits per heavy atom. The van der Waals surface area contributed by atoms with Crippen LogP contribution in [0.2, 0.25) is 0 Å². The highest BCUT2D eigenvalue weighted by atomic mass is 16.6. The highest BCUT2D eigenvalue weighted by Gasteiger charge is 2.31. The molecule has 4 amide bonds. The molecule has 266 valence electrons. The second-order valence-corrected chi connectivity index (χ2v) is 14.1. The Morgan fingerprint density at radius 1 is 0.939 bits per heavy atom. The van der Waals surface area contributed by atoms with E-state index < -0.39 is 29.8 Å². The third kappa shape index (κ3) is 11.0. The van der Waals surface area contributed by atoms with E-state index >= 15 is 0 Å². The van der Waals surface area contributed by atoms with Crippen molar-refractivity contribution in [3.05, 3.63) is 59.2 Å². The van der Waals surface area contributed by atoms with Crippen molar-refractivity contribution in [3.8, 4) is 11.1 Å². The molecule has 2 aromatic carbocycles. The Hall–Kier alpha value is -4.61. The van der Waals surface area contributed by atoms with Crippen molar-refractivity contribution in [3.63, 3.8) is 0 Å². The van der Waals surface area contributed by atoms with Gasteiger partial charge in [0, 0.05) is 43.6 Å². The highest BCUT2D eigenvalue weighted by Crippen LogP contribution is 2.29. The molecule has 0 radical (unpaired) electrons. The first-order chi connectivity index (χ1) is 23.2. The minimum atomic E-state index is -0.934. The monoisotopic (exact) mass is 678 g/mol. The van der Waals surface area contributed by atoms with Gasteiger partial charge in [0.1, 0.15) is 11.6 Å². The first kappa shape index (κ1) is 37.2. The molecule has 1 saturated carbocycles. The number of likely N-dealkylation sites (tertiary alicyclic amines) is 1. The molecule has 0 unspecified atom stereocenters. The minimum absolute atomic E-state index is 0.0657. The van der Waals surface area contributed by atoms with Crippen LogP contribution in [0, 0.1) is 18.8 Å². The van der Waals surface area contributed by atoms with Crippen LogP contribution in [-0.4, -0.2) is 84.4 Å². The Balaban J connectivity index is 1.29. The number of benzene rings is 2. The summed E-state index contributed by atoms with van der Waals surface area (Å²) < 4.78 is 10.3. The number of piperidine rings is 1. The molecule has 1 aliphatic carbocycles. The van der Waals surface area contributed by atoms with Crippen LogP contribution >= 0.6 is 0 Å². The van der Waals surface area contributed by atoms with Gasteiger partial charge in [-0.1, -0.05) is 30.3 Å². The largest absolute Gasteiger partial charge is 0.467 e. The zero-order valence-corrected chi connectivity index (χ0v) is 29.2. The molecule has 0 spiro atoms. The smallest absolute Gasteiger partial charge is 0.407 e. The molecule has 2 aliphatic rings. The van der Waals surface area contributed by atoms with E-state index in [2.05, 4.69) is 16.0 Å². The predicted octanol–water partition coefficient (Wildman–Crippen LogP) is 5.07. The summed E-state index contributed by atoms with van der Waals surface area (Å²) in [6.07, 6.45) is 2.98. The number of aryl methyl sites for hydroxylation is 1. The molecule has 1 atom stereocenters. The Labute approximate surface area is 288 Å². The van der Waals surface area contributed by atoms with Gasteiger partial charge in [0.2, 0.25) is 5.91 Å². The molecule has 49 heavy (non-hydrogen) atoms. The van der Waals surface area contributed by atoms with Crippen LogP contribution in [0.3, 0.4) is 0 Å². The fourth-order valence-electron chi connectivity index (χ4n) is 6.46. The molecule has 12 nitrogen and oxygen atoms in total. The summed E-state index contributed by atoms with van der Waals surface area (Å²) in [6, 6.07) is 12.4. The lowest BCUT2D eigenvalue weighted by atomic mass is 9.81. The van der Waals surface area contributed by atoms with E-state index in [0.29, 0.717) is 50.9 Å². The van der Waals surface area contributed by atoms with Crippen molar-refractivity contribution in [2.24, 2.45) is 11.8 Å². The molecule has 4 rings (SSSR count). The molecule has 1 aliphatic heterocycles. The Bertz CT molecular complexity index is 1490. The van der Waals surface area contributed by atoms with Crippen molar-refractivity contribution in [1.29, 1.82) is 0 Å². The molecule has 0 bridgehead atoms. The number of carboxylic acid groups (broad SMARTS) is 1. The van der Waals surface area contributed by atoms with Gasteiger partial charge < -0.3 is 35.4 Å². The number of ether oxygens (including phenoxy) is 2. The summed E-state index contributed by atoms with van der Waals surface area (Å²) in [5.74, 6) is -0.817. The summed E-state index contributed by atoms with van der Waals surface area (Å²) in [5, 5.41) is 17.9. The lowest BCUT2D eigenvalue weighted by Crippen LogP contribution is -2.46. The lowest BCUT2D eigenvalue weighted by Gasteiger charge is -2.30. The molecular weight excluding hydrogens is 628 g/mol. The lowest BCUT2D eigenvalue weighted by molar-refractivity contribution is -0.145. The number of hydrogen-bond acceptors (Lipinski definition) is 7. The third-order valence-electron chi connectivity index (χ3n) is 9.25. The SMILES string of the molecule is COC(=O)[C@H](Cc1ccc(-c2ccc(C(=O)NC3CCN(C(=O)O)CC3)cc2C)cc1)NC(=O)C1CCC(CNC(=O)OC(C)(C)C)CC1. The van der Waals surface area contributed by atoms with E-state index in [1.165, 1.54) is 12.0 Å². The van der Waals surface area contributed by atoms with Crippen molar-refractivity contribution in [2.75, 3.05) is 26.7 Å². The van der Waals surface area contributed by atoms with Crippen LogP contribution in [0.15, 0.2) is 42.5 Å². The standard InChI is InChI=1S/C37H50N4O8/c1-23-20-28(33(43)39-29-16-18-41(19-17-29)36(46)47)14-15-30(23)26-10-6-24(7-11-26)21-31(34(44)48-5)40-32(42)27-12-8-25(9-13-27)22-38-35(45)49-37(2,3)4/h6-7,10-11,14-15,20,25,27,29,31H,8-9,12-13,16-19,21-22H2,1-5H3,(H,38,45)(H,39,43)(H,40,42)(H,46,47)/t25?,27?,31-/m0/s1. The number of carbonyl (C=O) groups excluding carboxylic acids is 4. The first-order valence-corrected chi connectivity index (χ1v) is 17.1. The average molecular weight is 679 g/mol. The summed E-state index contributed by atoms with van der Waals surface area (Å²) >= 11 is 0. The Kier molecular flexibility index (Phi) is 12.7. The molecule has 1 heterocycles. The molecule has 0 aromatic heterocycles. The van der Waals surface area contributed by atoms with Crippen molar-refractivity contribution in [2.45, 2.75) is 90.3 Å². The van der Waals surface area contributed by atoms with E-state index in [4.69, 9.17) is 14.6 Å². The minimum Gasteiger partial charge on any atom is -0.467 e. The normalized spacial score (nSPS) is 18.9. The number of nitrogens with one attached hydrogen (secondary N) is 3. The van der Waals surface area contributed by atoms with E-state index in [9.17, 15) is 24.0 Å². The van der Waals surface area contributed by atoms with Crippen molar-refractivity contribution < 1.29 is 38.6 Å². The maximum Gasteiger partial charge on any atom is 0.407 e. The topological polar surface area (TPSA) is 163 Å². The molecule has 1 saturated heterocycles.